The van der Waals surface area contributed by atoms with Gasteiger partial charge in [0.2, 0.25) is 5.91 Å². The van der Waals surface area contributed by atoms with Crippen LogP contribution in [-0.2, 0) is 14.4 Å². The van der Waals surface area contributed by atoms with E-state index >= 15 is 0 Å². The second-order valence-corrected chi connectivity index (χ2v) is 9.12. The zero-order valence-corrected chi connectivity index (χ0v) is 20.7. The van der Waals surface area contributed by atoms with Gasteiger partial charge in [-0.2, -0.15) is 0 Å². The van der Waals surface area contributed by atoms with Gasteiger partial charge in [0.05, 0.1) is 31.1 Å². The number of benzene rings is 3. The van der Waals surface area contributed by atoms with Gasteiger partial charge < -0.3 is 9.47 Å². The monoisotopic (exact) mass is 486 g/mol. The lowest BCUT2D eigenvalue weighted by Gasteiger charge is -2.29. The smallest absolute Gasteiger partial charge is 0.266 e. The van der Waals surface area contributed by atoms with Gasteiger partial charge in [-0.1, -0.05) is 55.3 Å². The molecule has 2 amide bonds. The molecule has 7 nitrogen and oxygen atoms in total. The second-order valence-electron chi connectivity index (χ2n) is 9.12. The molecule has 3 atom stereocenters. The average Bonchev–Trinajstić information content (AvgIpc) is 3.41. The largest absolute Gasteiger partial charge is 0.493 e. The van der Waals surface area contributed by atoms with Gasteiger partial charge in [0.15, 0.2) is 17.6 Å². The molecule has 0 aliphatic carbocycles. The van der Waals surface area contributed by atoms with Crippen molar-refractivity contribution in [3.63, 3.8) is 0 Å². The third kappa shape index (κ3) is 4.20. The Kier molecular flexibility index (Phi) is 6.65. The van der Waals surface area contributed by atoms with Crippen molar-refractivity contribution in [1.82, 2.24) is 0 Å². The Balaban J connectivity index is 1.54. The number of carbonyl (C=O) groups is 2. The highest BCUT2D eigenvalue weighted by Crippen LogP contribution is 2.48. The van der Waals surface area contributed by atoms with E-state index < -0.39 is 18.1 Å². The van der Waals surface area contributed by atoms with Gasteiger partial charge in [0.1, 0.15) is 5.92 Å². The maximum absolute atomic E-state index is 13.8. The van der Waals surface area contributed by atoms with Crippen molar-refractivity contribution in [3.05, 3.63) is 83.9 Å². The molecule has 0 radical (unpaired) electrons. The maximum atomic E-state index is 13.8. The molecule has 0 bridgehead atoms. The summed E-state index contributed by atoms with van der Waals surface area (Å²) in [5, 5.41) is 1.68. The van der Waals surface area contributed by atoms with Crippen molar-refractivity contribution >= 4 is 23.2 Å². The quantitative estimate of drug-likeness (QED) is 0.321. The molecule has 0 spiro atoms. The topological polar surface area (TPSA) is 68.3 Å². The summed E-state index contributed by atoms with van der Waals surface area (Å²) in [6.07, 6.45) is 1.05. The lowest BCUT2D eigenvalue weighted by Crippen LogP contribution is -2.37. The number of imide groups is 1. The number of ether oxygens (including phenoxy) is 2. The van der Waals surface area contributed by atoms with E-state index in [0.29, 0.717) is 23.8 Å². The number of hydrogen-bond acceptors (Lipinski definition) is 6. The van der Waals surface area contributed by atoms with Crippen LogP contribution in [0.3, 0.4) is 0 Å². The number of hydrogen-bond donors (Lipinski definition) is 0. The fourth-order valence-corrected chi connectivity index (χ4v) is 4.81. The van der Waals surface area contributed by atoms with E-state index in [0.717, 1.165) is 29.7 Å². The van der Waals surface area contributed by atoms with Crippen LogP contribution in [0.2, 0.25) is 0 Å². The molecule has 7 heteroatoms. The molecule has 2 heterocycles. The number of anilines is 2. The summed E-state index contributed by atoms with van der Waals surface area (Å²) in [6.45, 7) is 4.67. The van der Waals surface area contributed by atoms with Gasteiger partial charge in [-0.25, -0.2) is 9.96 Å². The van der Waals surface area contributed by atoms with Crippen LogP contribution >= 0.6 is 0 Å². The molecule has 2 saturated heterocycles. The first-order chi connectivity index (χ1) is 17.5. The third-order valence-electron chi connectivity index (χ3n) is 6.70. The van der Waals surface area contributed by atoms with Gasteiger partial charge in [-0.15, -0.1) is 0 Å². The van der Waals surface area contributed by atoms with E-state index in [4.69, 9.17) is 14.3 Å². The molecule has 2 fully saturated rings. The van der Waals surface area contributed by atoms with Crippen LogP contribution in [0.25, 0.3) is 0 Å². The van der Waals surface area contributed by atoms with Gasteiger partial charge in [-0.05, 0) is 55.3 Å². The molecule has 2 aliphatic rings. The van der Waals surface area contributed by atoms with Crippen molar-refractivity contribution in [2.75, 3.05) is 23.7 Å². The molecule has 5 rings (SSSR count). The first-order valence-corrected chi connectivity index (χ1v) is 12.3. The van der Waals surface area contributed by atoms with Crippen LogP contribution < -0.4 is 19.4 Å². The Labute approximate surface area is 211 Å². The van der Waals surface area contributed by atoms with Crippen molar-refractivity contribution < 1.29 is 23.9 Å². The van der Waals surface area contributed by atoms with Crippen molar-refractivity contribution in [2.24, 2.45) is 5.92 Å². The Morgan fingerprint density at radius 1 is 0.889 bits per heavy atom. The summed E-state index contributed by atoms with van der Waals surface area (Å²) in [6, 6.07) is 22.0. The number of nitrogens with zero attached hydrogens (tertiary/aromatic N) is 2. The van der Waals surface area contributed by atoms with Crippen LogP contribution in [0.4, 0.5) is 11.4 Å². The normalized spacial score (nSPS) is 21.1. The van der Waals surface area contributed by atoms with E-state index in [1.807, 2.05) is 67.6 Å². The molecule has 0 aromatic heterocycles. The minimum absolute atomic E-state index is 0.278. The summed E-state index contributed by atoms with van der Waals surface area (Å²) in [5.41, 5.74) is 3.17. The van der Waals surface area contributed by atoms with Crippen LogP contribution in [0.1, 0.15) is 36.9 Å². The average molecular weight is 487 g/mol. The lowest BCUT2D eigenvalue weighted by atomic mass is 9.90. The Morgan fingerprint density at radius 2 is 1.64 bits per heavy atom. The van der Waals surface area contributed by atoms with E-state index in [1.165, 1.54) is 4.90 Å². The van der Waals surface area contributed by atoms with E-state index in [2.05, 4.69) is 6.92 Å². The first-order valence-electron chi connectivity index (χ1n) is 12.3. The molecule has 0 saturated carbocycles. The second kappa shape index (κ2) is 10.0. The molecular formula is C29H30N2O5. The van der Waals surface area contributed by atoms with Crippen molar-refractivity contribution in [2.45, 2.75) is 38.8 Å². The molecule has 186 valence electrons. The highest BCUT2D eigenvalue weighted by molar-refractivity contribution is 6.23. The molecular weight excluding hydrogens is 456 g/mol. The third-order valence-corrected chi connectivity index (χ3v) is 6.70. The Bertz CT molecular complexity index is 1240. The first kappa shape index (κ1) is 23.9. The number of amides is 2. The number of methoxy groups -OCH3 is 1. The minimum Gasteiger partial charge on any atom is -0.493 e. The van der Waals surface area contributed by atoms with Crippen LogP contribution in [-0.4, -0.2) is 31.6 Å². The van der Waals surface area contributed by atoms with E-state index in [1.54, 1.807) is 24.3 Å². The molecule has 36 heavy (non-hydrogen) atoms. The molecule has 0 N–H and O–H groups in total. The fraction of sp³-hybridized carbons (Fsp3) is 0.310. The van der Waals surface area contributed by atoms with Crippen LogP contribution in [0, 0.1) is 12.8 Å². The van der Waals surface area contributed by atoms with Crippen LogP contribution in [0.15, 0.2) is 72.8 Å². The zero-order valence-electron chi connectivity index (χ0n) is 20.7. The Morgan fingerprint density at radius 3 is 2.33 bits per heavy atom. The van der Waals surface area contributed by atoms with E-state index in [-0.39, 0.29) is 11.8 Å². The predicted octanol–water partition coefficient (Wildman–Crippen LogP) is 5.23. The van der Waals surface area contributed by atoms with Crippen LogP contribution in [0.5, 0.6) is 11.5 Å². The number of carbonyl (C=O) groups excluding carboxylic acids is 2. The van der Waals surface area contributed by atoms with Gasteiger partial charge in [0, 0.05) is 0 Å². The summed E-state index contributed by atoms with van der Waals surface area (Å²) < 4.78 is 11.5. The fourth-order valence-electron chi connectivity index (χ4n) is 4.81. The standard InChI is InChI=1S/C29H30N2O5/c1-4-5-17-35-23-16-13-20(18-24(23)34-3)26-25-27(36-31(26)22-9-7-6-8-10-22)29(33)30(28(25)32)21-14-11-19(2)12-15-21/h6-16,18,25-27H,4-5,17H2,1-3H3/t25-,26+,27-/m1/s1. The Hall–Kier alpha value is -3.84. The number of para-hydroxylation sites is 1. The zero-order chi connectivity index (χ0) is 25.2. The number of unbranched alkanes of at least 4 members (excludes halogenated alkanes) is 1. The lowest BCUT2D eigenvalue weighted by molar-refractivity contribution is -0.126. The van der Waals surface area contributed by atoms with Gasteiger partial charge in [0.25, 0.3) is 5.91 Å². The summed E-state index contributed by atoms with van der Waals surface area (Å²) >= 11 is 0. The maximum Gasteiger partial charge on any atom is 0.266 e. The van der Waals surface area contributed by atoms with E-state index in [9.17, 15) is 9.59 Å². The van der Waals surface area contributed by atoms with Crippen molar-refractivity contribution in [1.29, 1.82) is 0 Å². The summed E-state index contributed by atoms with van der Waals surface area (Å²) in [5.74, 6) is -0.127. The molecule has 0 unspecified atom stereocenters. The number of hydroxylamine groups is 1. The number of rotatable bonds is 8. The SMILES string of the molecule is CCCCOc1ccc([C@H]2[C@H]3C(=O)N(c4ccc(C)cc4)C(=O)[C@@H]3ON2c2ccccc2)cc1OC. The minimum atomic E-state index is -0.921. The summed E-state index contributed by atoms with van der Waals surface area (Å²) in [7, 11) is 1.60. The molecule has 3 aromatic rings. The summed E-state index contributed by atoms with van der Waals surface area (Å²) in [4.78, 5) is 34.7. The molecule has 3 aromatic carbocycles. The van der Waals surface area contributed by atoms with Gasteiger partial charge in [-0.3, -0.25) is 14.4 Å². The van der Waals surface area contributed by atoms with Crippen molar-refractivity contribution in [3.8, 4) is 11.5 Å². The highest BCUT2D eigenvalue weighted by atomic mass is 16.7. The predicted molar refractivity (Wildman–Crippen MR) is 137 cm³/mol. The number of aryl methyl sites for hydroxylation is 1. The van der Waals surface area contributed by atoms with Gasteiger partial charge >= 0.3 is 0 Å². The molecule has 2 aliphatic heterocycles. The number of fused-ring (bicyclic) bond motifs is 1. The highest BCUT2D eigenvalue weighted by Gasteiger charge is 2.60.